The number of anilines is 1. The normalized spacial score (nSPS) is 18.5. The second kappa shape index (κ2) is 7.74. The second-order valence-corrected chi connectivity index (χ2v) is 8.18. The third-order valence-electron chi connectivity index (χ3n) is 5.51. The molecule has 2 aliphatic rings. The number of carbonyl (C=O) groups excluding carboxylic acids is 1. The van der Waals surface area contributed by atoms with Crippen LogP contribution in [0.3, 0.4) is 0 Å². The van der Waals surface area contributed by atoms with Gasteiger partial charge in [-0.1, -0.05) is 42.7 Å². The first-order valence-electron chi connectivity index (χ1n) is 9.61. The molecule has 0 N–H and O–H groups in total. The molecule has 1 aromatic heterocycles. The zero-order valence-electron chi connectivity index (χ0n) is 15.4. The van der Waals surface area contributed by atoms with Gasteiger partial charge in [-0.2, -0.15) is 4.37 Å². The zero-order valence-corrected chi connectivity index (χ0v) is 16.2. The number of carbonyl (C=O) groups is 1. The van der Waals surface area contributed by atoms with Crippen molar-refractivity contribution in [3.8, 4) is 0 Å². The van der Waals surface area contributed by atoms with Crippen molar-refractivity contribution in [1.82, 2.24) is 14.3 Å². The van der Waals surface area contributed by atoms with E-state index < -0.39 is 0 Å². The molecule has 1 aliphatic carbocycles. The molecule has 2 aromatic rings. The standard InChI is InChI=1S/C20H26N4OS/c1-15-6-8-16(9-7-15)14-18-21-20(26-22-18)24-12-10-23(11-13-24)19(25)17-4-2-3-5-17/h6-9,17H,2-5,10-14H2,1H3. The number of rotatable bonds is 4. The summed E-state index contributed by atoms with van der Waals surface area (Å²) in [5.41, 5.74) is 2.51. The Labute approximate surface area is 159 Å². The molecule has 1 aromatic carbocycles. The van der Waals surface area contributed by atoms with Crippen molar-refractivity contribution in [2.24, 2.45) is 5.92 Å². The molecule has 5 nitrogen and oxygen atoms in total. The lowest BCUT2D eigenvalue weighted by Gasteiger charge is -2.35. The van der Waals surface area contributed by atoms with Crippen LogP contribution in [0.25, 0.3) is 0 Å². The van der Waals surface area contributed by atoms with Crippen molar-refractivity contribution in [2.45, 2.75) is 39.0 Å². The summed E-state index contributed by atoms with van der Waals surface area (Å²) in [6, 6.07) is 8.54. The van der Waals surface area contributed by atoms with E-state index in [0.717, 1.165) is 56.4 Å². The maximum atomic E-state index is 12.6. The van der Waals surface area contributed by atoms with Gasteiger partial charge in [-0.15, -0.1) is 0 Å². The van der Waals surface area contributed by atoms with Crippen LogP contribution in [-0.2, 0) is 11.2 Å². The summed E-state index contributed by atoms with van der Waals surface area (Å²) in [6.45, 7) is 5.43. The van der Waals surface area contributed by atoms with Crippen molar-refractivity contribution in [3.63, 3.8) is 0 Å². The third-order valence-corrected chi connectivity index (χ3v) is 6.32. The molecule has 2 fully saturated rings. The number of hydrogen-bond donors (Lipinski definition) is 0. The average Bonchev–Trinajstić information content (AvgIpc) is 3.35. The first-order chi connectivity index (χ1) is 12.7. The van der Waals surface area contributed by atoms with Crippen molar-refractivity contribution in [1.29, 1.82) is 0 Å². The number of aryl methyl sites for hydroxylation is 1. The summed E-state index contributed by atoms with van der Waals surface area (Å²) >= 11 is 1.47. The SMILES string of the molecule is Cc1ccc(Cc2nsc(N3CCN(C(=O)C4CCCC4)CC3)n2)cc1. The van der Waals surface area contributed by atoms with Crippen LogP contribution in [0.4, 0.5) is 5.13 Å². The molecule has 0 radical (unpaired) electrons. The van der Waals surface area contributed by atoms with Crippen molar-refractivity contribution >= 4 is 22.6 Å². The largest absolute Gasteiger partial charge is 0.343 e. The van der Waals surface area contributed by atoms with E-state index in [0.29, 0.717) is 5.91 Å². The van der Waals surface area contributed by atoms with Crippen molar-refractivity contribution < 1.29 is 4.79 Å². The molecular weight excluding hydrogens is 344 g/mol. The van der Waals surface area contributed by atoms with Crippen molar-refractivity contribution in [2.75, 3.05) is 31.1 Å². The van der Waals surface area contributed by atoms with E-state index in [-0.39, 0.29) is 5.92 Å². The van der Waals surface area contributed by atoms with E-state index in [1.54, 1.807) is 0 Å². The Bertz CT molecular complexity index is 743. The summed E-state index contributed by atoms with van der Waals surface area (Å²) < 4.78 is 4.53. The highest BCUT2D eigenvalue weighted by molar-refractivity contribution is 7.09. The summed E-state index contributed by atoms with van der Waals surface area (Å²) in [5, 5.41) is 0.986. The molecule has 6 heteroatoms. The van der Waals surface area contributed by atoms with Gasteiger partial charge in [0.05, 0.1) is 0 Å². The number of nitrogens with zero attached hydrogens (tertiary/aromatic N) is 4. The highest BCUT2D eigenvalue weighted by Crippen LogP contribution is 2.27. The number of aromatic nitrogens is 2. The Balaban J connectivity index is 1.32. The summed E-state index contributed by atoms with van der Waals surface area (Å²) in [6.07, 6.45) is 5.36. The molecule has 4 rings (SSSR count). The lowest BCUT2D eigenvalue weighted by atomic mass is 10.1. The number of amides is 1. The molecule has 0 atom stereocenters. The zero-order chi connectivity index (χ0) is 17.9. The van der Waals surface area contributed by atoms with Crippen LogP contribution in [0.5, 0.6) is 0 Å². The third kappa shape index (κ3) is 3.90. The van der Waals surface area contributed by atoms with Crippen molar-refractivity contribution in [3.05, 3.63) is 41.2 Å². The molecule has 1 saturated carbocycles. The maximum absolute atomic E-state index is 12.6. The van der Waals surface area contributed by atoms with Gasteiger partial charge in [0.25, 0.3) is 0 Å². The fourth-order valence-electron chi connectivity index (χ4n) is 3.88. The lowest BCUT2D eigenvalue weighted by molar-refractivity contribution is -0.135. The van der Waals surface area contributed by atoms with Gasteiger partial charge < -0.3 is 9.80 Å². The minimum atomic E-state index is 0.282. The lowest BCUT2D eigenvalue weighted by Crippen LogP contribution is -2.50. The van der Waals surface area contributed by atoms with Gasteiger partial charge in [-0.05, 0) is 25.3 Å². The molecular formula is C20H26N4OS. The highest BCUT2D eigenvalue weighted by atomic mass is 32.1. The minimum absolute atomic E-state index is 0.282. The van der Waals surface area contributed by atoms with E-state index in [1.807, 2.05) is 0 Å². The van der Waals surface area contributed by atoms with Crippen LogP contribution in [0.15, 0.2) is 24.3 Å². The number of benzene rings is 1. The van der Waals surface area contributed by atoms with Gasteiger partial charge >= 0.3 is 0 Å². The van der Waals surface area contributed by atoms with Gasteiger partial charge in [0.2, 0.25) is 11.0 Å². The fraction of sp³-hybridized carbons (Fsp3) is 0.550. The predicted molar refractivity (Wildman–Crippen MR) is 105 cm³/mol. The van der Waals surface area contributed by atoms with Crippen LogP contribution >= 0.6 is 11.5 Å². The predicted octanol–water partition coefficient (Wildman–Crippen LogP) is 3.28. The van der Waals surface area contributed by atoms with E-state index in [4.69, 9.17) is 4.98 Å². The Hall–Kier alpha value is -1.95. The Morgan fingerprint density at radius 3 is 2.50 bits per heavy atom. The molecule has 0 unspecified atom stereocenters. The summed E-state index contributed by atoms with van der Waals surface area (Å²) in [7, 11) is 0. The molecule has 26 heavy (non-hydrogen) atoms. The molecule has 2 heterocycles. The highest BCUT2D eigenvalue weighted by Gasteiger charge is 2.30. The Morgan fingerprint density at radius 1 is 1.12 bits per heavy atom. The van der Waals surface area contributed by atoms with Gasteiger partial charge in [-0.3, -0.25) is 4.79 Å². The maximum Gasteiger partial charge on any atom is 0.225 e. The summed E-state index contributed by atoms with van der Waals surface area (Å²) in [5.74, 6) is 1.54. The van der Waals surface area contributed by atoms with Gasteiger partial charge in [0, 0.05) is 50.1 Å². The molecule has 138 valence electrons. The first kappa shape index (κ1) is 17.5. The minimum Gasteiger partial charge on any atom is -0.343 e. The van der Waals surface area contributed by atoms with Gasteiger partial charge in [0.15, 0.2) is 0 Å². The van der Waals surface area contributed by atoms with E-state index in [1.165, 1.54) is 35.5 Å². The molecule has 0 spiro atoms. The second-order valence-electron chi connectivity index (χ2n) is 7.45. The topological polar surface area (TPSA) is 49.3 Å². The van der Waals surface area contributed by atoms with E-state index in [2.05, 4.69) is 45.4 Å². The van der Waals surface area contributed by atoms with E-state index in [9.17, 15) is 4.79 Å². The Kier molecular flexibility index (Phi) is 5.20. The van der Waals surface area contributed by atoms with Crippen LogP contribution in [0, 0.1) is 12.8 Å². The molecule has 1 saturated heterocycles. The number of hydrogen-bond acceptors (Lipinski definition) is 5. The van der Waals surface area contributed by atoms with Crippen LogP contribution < -0.4 is 4.90 Å². The Morgan fingerprint density at radius 2 is 1.81 bits per heavy atom. The smallest absolute Gasteiger partial charge is 0.225 e. The summed E-state index contributed by atoms with van der Waals surface area (Å²) in [4.78, 5) is 21.6. The fourth-order valence-corrected chi connectivity index (χ4v) is 4.62. The van der Waals surface area contributed by atoms with Gasteiger partial charge in [0.1, 0.15) is 5.82 Å². The van der Waals surface area contributed by atoms with E-state index >= 15 is 0 Å². The van der Waals surface area contributed by atoms with Gasteiger partial charge in [-0.25, -0.2) is 4.98 Å². The quantitative estimate of drug-likeness (QED) is 0.829. The van der Waals surface area contributed by atoms with Crippen LogP contribution in [-0.4, -0.2) is 46.3 Å². The first-order valence-corrected chi connectivity index (χ1v) is 10.4. The molecule has 0 bridgehead atoms. The monoisotopic (exact) mass is 370 g/mol. The molecule has 1 amide bonds. The number of piperazine rings is 1. The van der Waals surface area contributed by atoms with Crippen LogP contribution in [0.2, 0.25) is 0 Å². The van der Waals surface area contributed by atoms with Crippen LogP contribution in [0.1, 0.15) is 42.6 Å². The molecule has 1 aliphatic heterocycles. The average molecular weight is 371 g/mol.